The molecule has 2 fully saturated rings. The minimum absolute atomic E-state index is 0.170. The Kier molecular flexibility index (Phi) is 5.15. The zero-order valence-electron chi connectivity index (χ0n) is 14.5. The van der Waals surface area contributed by atoms with Gasteiger partial charge in [-0.1, -0.05) is 19.3 Å². The molecule has 1 unspecified atom stereocenters. The monoisotopic (exact) mass is 359 g/mol. The number of nitrogens with zero attached hydrogens (tertiary/aromatic N) is 3. The number of likely N-dealkylation sites (tertiary alicyclic amines) is 1. The van der Waals surface area contributed by atoms with E-state index in [0.717, 1.165) is 37.9 Å². The fourth-order valence-corrected chi connectivity index (χ4v) is 4.70. The summed E-state index contributed by atoms with van der Waals surface area (Å²) in [6, 6.07) is 1.99. The quantitative estimate of drug-likeness (QED) is 0.808. The summed E-state index contributed by atoms with van der Waals surface area (Å²) in [6.07, 6.45) is 9.09. The second kappa shape index (κ2) is 7.68. The van der Waals surface area contributed by atoms with Crippen molar-refractivity contribution in [2.45, 2.75) is 57.3 Å². The fourth-order valence-electron chi connectivity index (χ4n) is 4.07. The van der Waals surface area contributed by atoms with Crippen LogP contribution in [0.4, 0.5) is 0 Å². The lowest BCUT2D eigenvalue weighted by molar-refractivity contribution is -0.133. The first-order valence-corrected chi connectivity index (χ1v) is 10.4. The maximum absolute atomic E-state index is 12.7. The molecule has 1 atom stereocenters. The molecule has 0 spiro atoms. The molecule has 0 aromatic carbocycles. The highest BCUT2D eigenvalue weighted by Crippen LogP contribution is 2.31. The Morgan fingerprint density at radius 3 is 2.88 bits per heavy atom. The lowest BCUT2D eigenvalue weighted by Gasteiger charge is -2.32. The average molecular weight is 359 g/mol. The normalized spacial score (nSPS) is 22.2. The van der Waals surface area contributed by atoms with Crippen LogP contribution in [0.5, 0.6) is 0 Å². The maximum atomic E-state index is 12.7. The summed E-state index contributed by atoms with van der Waals surface area (Å²) >= 11 is 1.62. The second-order valence-corrected chi connectivity index (χ2v) is 8.12. The summed E-state index contributed by atoms with van der Waals surface area (Å²) in [5, 5.41) is 12.5. The molecule has 1 saturated carbocycles. The number of hydrogen-bond acceptors (Lipinski definition) is 5. The van der Waals surface area contributed by atoms with E-state index < -0.39 is 0 Å². The molecule has 1 saturated heterocycles. The van der Waals surface area contributed by atoms with E-state index in [0.29, 0.717) is 23.6 Å². The van der Waals surface area contributed by atoms with Gasteiger partial charge in [0.15, 0.2) is 0 Å². The Morgan fingerprint density at radius 2 is 2.08 bits per heavy atom. The van der Waals surface area contributed by atoms with Crippen LogP contribution >= 0.6 is 11.3 Å². The van der Waals surface area contributed by atoms with Crippen LogP contribution in [-0.4, -0.2) is 34.1 Å². The Balaban J connectivity index is 1.38. The number of rotatable bonds is 4. The predicted molar refractivity (Wildman–Crippen MR) is 97.4 cm³/mol. The first-order valence-electron chi connectivity index (χ1n) is 9.43. The van der Waals surface area contributed by atoms with Gasteiger partial charge in [0.05, 0.1) is 5.92 Å². The molecule has 2 aromatic rings. The Bertz CT molecular complexity index is 691. The van der Waals surface area contributed by atoms with Gasteiger partial charge in [0, 0.05) is 30.5 Å². The molecule has 1 aliphatic carbocycles. The van der Waals surface area contributed by atoms with Gasteiger partial charge in [0.25, 0.3) is 0 Å². The van der Waals surface area contributed by atoms with Gasteiger partial charge >= 0.3 is 0 Å². The number of carbonyl (C=O) groups is 1. The highest BCUT2D eigenvalue weighted by atomic mass is 32.1. The molecule has 6 heteroatoms. The molecule has 4 rings (SSSR count). The molecule has 2 aromatic heterocycles. The zero-order chi connectivity index (χ0) is 17.1. The average Bonchev–Trinajstić information content (AvgIpc) is 3.34. The van der Waals surface area contributed by atoms with Crippen LogP contribution in [0.1, 0.15) is 63.2 Å². The van der Waals surface area contributed by atoms with Gasteiger partial charge in [0.2, 0.25) is 17.7 Å². The van der Waals surface area contributed by atoms with Gasteiger partial charge in [0.1, 0.15) is 0 Å². The standard InChI is InChI=1S/C19H25N3O2S/c23-17(11-14-5-2-1-3-6-14)22-9-4-7-15(12-22)18-20-21-19(24-18)16-8-10-25-13-16/h8,10,13-15H,1-7,9,11-12H2. The molecule has 1 amide bonds. The van der Waals surface area contributed by atoms with E-state index in [1.165, 1.54) is 32.1 Å². The van der Waals surface area contributed by atoms with E-state index in [2.05, 4.69) is 10.2 Å². The van der Waals surface area contributed by atoms with Crippen molar-refractivity contribution in [3.63, 3.8) is 0 Å². The molecule has 0 radical (unpaired) electrons. The van der Waals surface area contributed by atoms with E-state index in [-0.39, 0.29) is 5.92 Å². The molecule has 25 heavy (non-hydrogen) atoms. The summed E-state index contributed by atoms with van der Waals surface area (Å²) in [4.78, 5) is 14.7. The number of carbonyl (C=O) groups excluding carboxylic acids is 1. The molecule has 134 valence electrons. The number of piperidine rings is 1. The van der Waals surface area contributed by atoms with Gasteiger partial charge in [-0.2, -0.15) is 11.3 Å². The minimum atomic E-state index is 0.170. The van der Waals surface area contributed by atoms with Crippen LogP contribution in [0.2, 0.25) is 0 Å². The third-order valence-electron chi connectivity index (χ3n) is 5.52. The second-order valence-electron chi connectivity index (χ2n) is 7.34. The van der Waals surface area contributed by atoms with Crippen LogP contribution in [0.15, 0.2) is 21.2 Å². The Hall–Kier alpha value is -1.69. The molecular formula is C19H25N3O2S. The number of aromatic nitrogens is 2. The van der Waals surface area contributed by atoms with Crippen molar-refractivity contribution in [1.82, 2.24) is 15.1 Å². The molecular weight excluding hydrogens is 334 g/mol. The van der Waals surface area contributed by atoms with E-state index in [4.69, 9.17) is 4.42 Å². The van der Waals surface area contributed by atoms with E-state index >= 15 is 0 Å². The van der Waals surface area contributed by atoms with Crippen molar-refractivity contribution in [2.24, 2.45) is 5.92 Å². The highest BCUT2D eigenvalue weighted by molar-refractivity contribution is 7.08. The lowest BCUT2D eigenvalue weighted by Crippen LogP contribution is -2.40. The van der Waals surface area contributed by atoms with Crippen molar-refractivity contribution in [3.8, 4) is 11.5 Å². The van der Waals surface area contributed by atoms with Crippen molar-refractivity contribution < 1.29 is 9.21 Å². The van der Waals surface area contributed by atoms with E-state index in [1.807, 2.05) is 21.7 Å². The van der Waals surface area contributed by atoms with Crippen LogP contribution in [0.25, 0.3) is 11.5 Å². The van der Waals surface area contributed by atoms with Crippen molar-refractivity contribution >= 4 is 17.2 Å². The van der Waals surface area contributed by atoms with Crippen molar-refractivity contribution in [1.29, 1.82) is 0 Å². The first-order chi connectivity index (χ1) is 12.3. The maximum Gasteiger partial charge on any atom is 0.248 e. The number of hydrogen-bond donors (Lipinski definition) is 0. The smallest absolute Gasteiger partial charge is 0.248 e. The Labute approximate surface area is 152 Å². The lowest BCUT2D eigenvalue weighted by atomic mass is 9.86. The summed E-state index contributed by atoms with van der Waals surface area (Å²) in [5.41, 5.74) is 0.977. The van der Waals surface area contributed by atoms with E-state index in [1.54, 1.807) is 11.3 Å². The molecule has 0 bridgehead atoms. The summed E-state index contributed by atoms with van der Waals surface area (Å²) in [6.45, 7) is 1.59. The van der Waals surface area contributed by atoms with Crippen LogP contribution in [0, 0.1) is 5.92 Å². The number of amides is 1. The van der Waals surface area contributed by atoms with Gasteiger partial charge in [-0.25, -0.2) is 0 Å². The summed E-state index contributed by atoms with van der Waals surface area (Å²) in [5.74, 6) is 2.34. The van der Waals surface area contributed by atoms with Crippen LogP contribution in [0.3, 0.4) is 0 Å². The third kappa shape index (κ3) is 3.94. The molecule has 1 aliphatic heterocycles. The number of thiophene rings is 1. The SMILES string of the molecule is O=C(CC1CCCCC1)N1CCCC(c2nnc(-c3ccsc3)o2)C1. The topological polar surface area (TPSA) is 59.2 Å². The highest BCUT2D eigenvalue weighted by Gasteiger charge is 2.29. The van der Waals surface area contributed by atoms with Gasteiger partial charge in [-0.3, -0.25) is 4.79 Å². The summed E-state index contributed by atoms with van der Waals surface area (Å²) < 4.78 is 5.89. The molecule has 0 N–H and O–H groups in total. The third-order valence-corrected chi connectivity index (χ3v) is 6.20. The zero-order valence-corrected chi connectivity index (χ0v) is 15.3. The van der Waals surface area contributed by atoms with Gasteiger partial charge < -0.3 is 9.32 Å². The van der Waals surface area contributed by atoms with E-state index in [9.17, 15) is 4.79 Å². The molecule has 3 heterocycles. The molecule has 2 aliphatic rings. The minimum Gasteiger partial charge on any atom is -0.420 e. The largest absolute Gasteiger partial charge is 0.420 e. The first kappa shape index (κ1) is 16.8. The summed E-state index contributed by atoms with van der Waals surface area (Å²) in [7, 11) is 0. The van der Waals surface area contributed by atoms with Crippen LogP contribution in [-0.2, 0) is 4.79 Å². The van der Waals surface area contributed by atoms with Crippen molar-refractivity contribution in [2.75, 3.05) is 13.1 Å². The predicted octanol–water partition coefficient (Wildman–Crippen LogP) is 4.47. The van der Waals surface area contributed by atoms with Gasteiger partial charge in [-0.05, 0) is 43.0 Å². The van der Waals surface area contributed by atoms with Gasteiger partial charge in [-0.15, -0.1) is 10.2 Å². The molecule has 5 nitrogen and oxygen atoms in total. The fraction of sp³-hybridized carbons (Fsp3) is 0.632. The van der Waals surface area contributed by atoms with Crippen LogP contribution < -0.4 is 0 Å². The van der Waals surface area contributed by atoms with Crippen molar-refractivity contribution in [3.05, 3.63) is 22.7 Å². The Morgan fingerprint density at radius 1 is 1.20 bits per heavy atom.